The molecule has 0 saturated carbocycles. The van der Waals surface area contributed by atoms with Gasteiger partial charge in [-0.25, -0.2) is 34.9 Å². The van der Waals surface area contributed by atoms with Crippen molar-refractivity contribution in [2.75, 3.05) is 51.4 Å². The molecule has 0 spiro atoms. The maximum atomic E-state index is 11.4. The fourth-order valence-corrected chi connectivity index (χ4v) is 7.53. The summed E-state index contributed by atoms with van der Waals surface area (Å²) in [4.78, 5) is 63.1. The molecule has 0 atom stereocenters. The lowest BCUT2D eigenvalue weighted by molar-refractivity contribution is 0.101. The van der Waals surface area contributed by atoms with Crippen LogP contribution in [0.2, 0.25) is 0 Å². The Morgan fingerprint density at radius 3 is 1.29 bits per heavy atom. The van der Waals surface area contributed by atoms with Crippen LogP contribution in [0.4, 0.5) is 17.8 Å². The minimum atomic E-state index is -0.0807. The third-order valence-electron chi connectivity index (χ3n) is 10.1. The average molecular weight is 1010 g/mol. The third-order valence-corrected chi connectivity index (χ3v) is 10.9. The van der Waals surface area contributed by atoms with Crippen LogP contribution >= 0.6 is 11.8 Å². The predicted molar refractivity (Wildman–Crippen MR) is 279 cm³/mol. The highest BCUT2D eigenvalue weighted by molar-refractivity contribution is 7.99. The Morgan fingerprint density at radius 1 is 0.507 bits per heavy atom. The summed E-state index contributed by atoms with van der Waals surface area (Å²) >= 11 is 1.56. The smallest absolute Gasteiger partial charge is 0.247 e. The van der Waals surface area contributed by atoms with Gasteiger partial charge in [0.15, 0.2) is 56.8 Å². The maximum absolute atomic E-state index is 11.4. The number of nitrogen functional groups attached to an aromatic ring is 3. The van der Waals surface area contributed by atoms with Gasteiger partial charge in [0, 0.05) is 22.3 Å². The number of anilines is 3. The summed E-state index contributed by atoms with van der Waals surface area (Å²) in [6.07, 6.45) is 4.73. The summed E-state index contributed by atoms with van der Waals surface area (Å²) < 4.78 is 32.6. The number of methoxy groups -OCH3 is 4. The van der Waals surface area contributed by atoms with Gasteiger partial charge in [-0.15, -0.1) is 11.8 Å². The molecule has 0 saturated heterocycles. The molecule has 22 nitrogen and oxygen atoms in total. The number of nitrogens with zero attached hydrogens (tertiary/aromatic N) is 12. The number of rotatable bonds is 14. The van der Waals surface area contributed by atoms with Gasteiger partial charge in [0.2, 0.25) is 29.6 Å². The van der Waals surface area contributed by atoms with E-state index in [0.29, 0.717) is 90.9 Å². The average Bonchev–Trinajstić information content (AvgIpc) is 3.38. The van der Waals surface area contributed by atoms with Crippen LogP contribution in [-0.2, 0) is 0 Å². The number of fused-ring (bicyclic) bond motifs is 3. The zero-order valence-electron chi connectivity index (χ0n) is 41.7. The van der Waals surface area contributed by atoms with Gasteiger partial charge in [-0.2, -0.15) is 24.9 Å². The minimum Gasteiger partial charge on any atom is -0.493 e. The fourth-order valence-electron chi connectivity index (χ4n) is 6.83. The van der Waals surface area contributed by atoms with E-state index >= 15 is 0 Å². The van der Waals surface area contributed by atoms with Crippen molar-refractivity contribution >= 4 is 68.9 Å². The van der Waals surface area contributed by atoms with Crippen molar-refractivity contribution in [1.29, 1.82) is 0 Å². The van der Waals surface area contributed by atoms with Gasteiger partial charge in [0.1, 0.15) is 10.5 Å². The molecule has 0 aliphatic carbocycles. The van der Waals surface area contributed by atoms with E-state index in [4.69, 9.17) is 45.6 Å². The molecule has 0 unspecified atom stereocenters. The first-order valence-electron chi connectivity index (χ1n) is 22.5. The summed E-state index contributed by atoms with van der Waals surface area (Å²) in [6, 6.07) is 18.3. The van der Waals surface area contributed by atoms with Crippen LogP contribution in [0.1, 0.15) is 51.9 Å². The molecule has 73 heavy (non-hydrogen) atoms. The van der Waals surface area contributed by atoms with Crippen LogP contribution in [0, 0.1) is 0 Å². The third kappa shape index (κ3) is 12.5. The first-order valence-corrected chi connectivity index (χ1v) is 23.5. The molecule has 0 fully saturated rings. The molecule has 6 N–H and O–H groups in total. The second-order valence-electron chi connectivity index (χ2n) is 16.0. The molecular weight excluding hydrogens is 955 g/mol. The highest BCUT2D eigenvalue weighted by Gasteiger charge is 2.17. The monoisotopic (exact) mass is 1010 g/mol. The molecule has 3 aromatic carbocycles. The first-order chi connectivity index (χ1) is 35.1. The summed E-state index contributed by atoms with van der Waals surface area (Å²) in [5.74, 6) is 4.41. The molecule has 6 aromatic heterocycles. The number of hydrogen-bond donors (Lipinski definition) is 3. The fraction of sp³-hybridized carbons (Fsp3) is 0.260. The highest BCUT2D eigenvalue weighted by Crippen LogP contribution is 2.35. The normalized spacial score (nSPS) is 10.9. The van der Waals surface area contributed by atoms with Crippen molar-refractivity contribution in [3.8, 4) is 68.5 Å². The van der Waals surface area contributed by atoms with Gasteiger partial charge in [0.25, 0.3) is 0 Å². The van der Waals surface area contributed by atoms with Gasteiger partial charge >= 0.3 is 0 Å². The van der Waals surface area contributed by atoms with E-state index in [1.165, 1.54) is 6.92 Å². The number of carbonyl (C=O) groups is 1. The van der Waals surface area contributed by atoms with E-state index in [0.717, 1.165) is 27.5 Å². The minimum absolute atomic E-state index is 0.0163. The lowest BCUT2D eigenvalue weighted by atomic mass is 10.1. The van der Waals surface area contributed by atoms with E-state index in [1.807, 2.05) is 83.1 Å². The lowest BCUT2D eigenvalue weighted by Gasteiger charge is -2.12. The maximum Gasteiger partial charge on any atom is 0.247 e. The Hall–Kier alpha value is -8.86. The Kier molecular flexibility index (Phi) is 16.6. The summed E-state index contributed by atoms with van der Waals surface area (Å²) in [7, 11) is 6.37. The van der Waals surface area contributed by atoms with Crippen molar-refractivity contribution in [3.63, 3.8) is 0 Å². The van der Waals surface area contributed by atoms with Crippen molar-refractivity contribution in [2.24, 2.45) is 0 Å². The molecule has 23 heteroatoms. The standard InChI is InChI=1S/C17H19N5O3.C17H17N5O2.C16H17N5O2S/c1-9(2)25-16-14-15(21-17(18)22-16)19-8-11(20-14)10-5-6-12(23-3)13(7-10)24-4;1-9(2)24-16-14-15(21-17(18)22-16)19-8-13(20-14)12-6-4-11(5-7-12)10(3)23;1-4-24-15-13-14(20-16(17)21-15)18-8-10(19-13)9-5-6-11(22-2)12(7-9)23-3/h5-9H,1-4H3,(H2,18,19,21,22);4-9H,1-3H3,(H2,18,19,21,22);5-8H,4H2,1-3H3,(H2,17,18,20,21). The van der Waals surface area contributed by atoms with Gasteiger partial charge < -0.3 is 45.6 Å². The number of benzene rings is 3. The molecule has 6 heterocycles. The van der Waals surface area contributed by atoms with Crippen LogP contribution in [-0.4, -0.2) is 112 Å². The number of ether oxygens (including phenoxy) is 6. The van der Waals surface area contributed by atoms with Crippen LogP contribution < -0.4 is 45.6 Å². The molecule has 9 aromatic rings. The largest absolute Gasteiger partial charge is 0.493 e. The highest BCUT2D eigenvalue weighted by atomic mass is 32.2. The molecule has 0 amide bonds. The SMILES string of the molecule is CC(=O)c1ccc(-c2cnc3nc(N)nc(OC(C)C)c3n2)cc1.CCSc1nc(N)nc2ncc(-c3ccc(OC)c(OC)c3)nc12.COc1ccc(-c2cnc3nc(N)nc(OC(C)C)c3n2)cc1OC. The predicted octanol–water partition coefficient (Wildman–Crippen LogP) is 7.93. The number of ketones is 1. The van der Waals surface area contributed by atoms with Gasteiger partial charge in [0.05, 0.1) is 76.3 Å². The van der Waals surface area contributed by atoms with Gasteiger partial charge in [-0.05, 0) is 76.8 Å². The van der Waals surface area contributed by atoms with E-state index in [1.54, 1.807) is 70.9 Å². The first kappa shape index (κ1) is 52.0. The van der Waals surface area contributed by atoms with Crippen LogP contribution in [0.3, 0.4) is 0 Å². The van der Waals surface area contributed by atoms with Crippen LogP contribution in [0.25, 0.3) is 67.3 Å². The zero-order chi connectivity index (χ0) is 52.3. The lowest BCUT2D eigenvalue weighted by Crippen LogP contribution is -2.10. The van der Waals surface area contributed by atoms with Gasteiger partial charge in [-0.3, -0.25) is 4.79 Å². The van der Waals surface area contributed by atoms with Crippen molar-refractivity contribution < 1.29 is 33.2 Å². The van der Waals surface area contributed by atoms with E-state index in [-0.39, 0.29) is 35.8 Å². The molecule has 376 valence electrons. The Bertz CT molecular complexity index is 3420. The van der Waals surface area contributed by atoms with Gasteiger partial charge in [-0.1, -0.05) is 31.2 Å². The molecule has 0 aliphatic rings. The number of carbonyl (C=O) groups excluding carboxylic acids is 1. The number of aromatic nitrogens is 12. The number of nitrogens with two attached hydrogens (primary N) is 3. The summed E-state index contributed by atoms with van der Waals surface area (Å²) in [5.41, 5.74) is 25.1. The topological polar surface area (TPSA) is 305 Å². The molecule has 0 radical (unpaired) electrons. The van der Waals surface area contributed by atoms with E-state index in [9.17, 15) is 4.79 Å². The van der Waals surface area contributed by atoms with Crippen molar-refractivity contribution in [2.45, 2.75) is 58.8 Å². The van der Waals surface area contributed by atoms with Crippen molar-refractivity contribution in [3.05, 3.63) is 84.8 Å². The second-order valence-corrected chi connectivity index (χ2v) is 17.2. The number of thioether (sulfide) groups is 1. The molecule has 9 rings (SSSR count). The second kappa shape index (κ2) is 23.4. The Morgan fingerprint density at radius 2 is 0.890 bits per heavy atom. The Balaban J connectivity index is 0.000000160. The summed E-state index contributed by atoms with van der Waals surface area (Å²) in [6.45, 7) is 11.2. The van der Waals surface area contributed by atoms with Crippen LogP contribution in [0.5, 0.6) is 34.8 Å². The Labute approximate surface area is 424 Å². The van der Waals surface area contributed by atoms with Crippen LogP contribution in [0.15, 0.2) is 84.3 Å². The quantitative estimate of drug-likeness (QED) is 0.0529. The van der Waals surface area contributed by atoms with Crippen molar-refractivity contribution in [1.82, 2.24) is 59.8 Å². The zero-order valence-corrected chi connectivity index (χ0v) is 42.5. The molecular formula is C50H53N15O7S. The summed E-state index contributed by atoms with van der Waals surface area (Å²) in [5, 5.41) is 0.731. The van der Waals surface area contributed by atoms with E-state index in [2.05, 4.69) is 59.8 Å². The van der Waals surface area contributed by atoms with E-state index < -0.39 is 0 Å². The number of Topliss-reactive ketones (excluding diaryl/α,β-unsaturated/α-hetero) is 1. The molecule has 0 aliphatic heterocycles. The number of hydrogen-bond acceptors (Lipinski definition) is 23. The molecule has 0 bridgehead atoms.